The van der Waals surface area contributed by atoms with E-state index in [4.69, 9.17) is 9.84 Å². The largest absolute Gasteiger partial charge is 0.478 e. The Morgan fingerprint density at radius 3 is 2.06 bits per heavy atom. The Balaban J connectivity index is 1.65. The molecule has 1 atom stereocenters. The van der Waals surface area contributed by atoms with Gasteiger partial charge in [-0.25, -0.2) is 4.79 Å². The van der Waals surface area contributed by atoms with Gasteiger partial charge in [-0.1, -0.05) is 76.2 Å². The molecule has 3 aromatic rings. The van der Waals surface area contributed by atoms with Gasteiger partial charge in [0.05, 0.1) is 12.0 Å². The van der Waals surface area contributed by atoms with Crippen LogP contribution in [0.3, 0.4) is 0 Å². The molecule has 3 aromatic carbocycles. The van der Waals surface area contributed by atoms with Crippen molar-refractivity contribution in [3.63, 3.8) is 0 Å². The number of rotatable bonds is 6. The van der Waals surface area contributed by atoms with Gasteiger partial charge in [0.15, 0.2) is 0 Å². The highest BCUT2D eigenvalue weighted by Crippen LogP contribution is 2.47. The van der Waals surface area contributed by atoms with Crippen LogP contribution in [0.5, 0.6) is 5.75 Å². The molecule has 0 aliphatic heterocycles. The quantitative estimate of drug-likeness (QED) is 0.325. The number of benzene rings is 3. The molecule has 0 amide bonds. The molecule has 1 aliphatic rings. The average Bonchev–Trinajstić information content (AvgIpc) is 2.81. The van der Waals surface area contributed by atoms with Crippen LogP contribution in [-0.2, 0) is 15.6 Å². The van der Waals surface area contributed by atoms with Crippen molar-refractivity contribution >= 4 is 11.9 Å². The number of aromatic carboxylic acids is 1. The van der Waals surface area contributed by atoms with E-state index >= 15 is 0 Å². The van der Waals surface area contributed by atoms with Gasteiger partial charge in [-0.15, -0.1) is 0 Å². The minimum atomic E-state index is -1.01. The lowest BCUT2D eigenvalue weighted by molar-refractivity contribution is -0.134. The Bertz CT molecular complexity index is 1190. The van der Waals surface area contributed by atoms with Gasteiger partial charge in [0, 0.05) is 5.92 Å². The Hall–Kier alpha value is -3.40. The average molecular weight is 457 g/mol. The highest BCUT2D eigenvalue weighted by Gasteiger charge is 2.37. The highest BCUT2D eigenvalue weighted by atomic mass is 16.5. The molecule has 0 radical (unpaired) electrons. The summed E-state index contributed by atoms with van der Waals surface area (Å²) in [7, 11) is 0. The van der Waals surface area contributed by atoms with E-state index in [2.05, 4.69) is 45.9 Å². The first-order chi connectivity index (χ1) is 16.1. The van der Waals surface area contributed by atoms with Crippen LogP contribution >= 0.6 is 0 Å². The molecule has 4 heteroatoms. The van der Waals surface area contributed by atoms with Crippen molar-refractivity contribution in [3.8, 4) is 5.75 Å². The maximum absolute atomic E-state index is 13.0. The number of carbonyl (C=O) groups is 2. The second kappa shape index (κ2) is 9.09. The van der Waals surface area contributed by atoms with E-state index in [1.807, 2.05) is 30.3 Å². The molecule has 0 heterocycles. The maximum atomic E-state index is 13.0. The molecule has 0 aromatic heterocycles. The fraction of sp³-hybridized carbons (Fsp3) is 0.333. The number of carbonyl (C=O) groups excluding carboxylic acids is 1. The fourth-order valence-electron chi connectivity index (χ4n) is 4.94. The summed E-state index contributed by atoms with van der Waals surface area (Å²) in [5.74, 6) is -1.16. The lowest BCUT2D eigenvalue weighted by atomic mass is 9.62. The van der Waals surface area contributed by atoms with Gasteiger partial charge in [-0.2, -0.15) is 0 Å². The first-order valence-corrected chi connectivity index (χ1v) is 11.8. The summed E-state index contributed by atoms with van der Waals surface area (Å²) < 4.78 is 5.58. The normalized spacial score (nSPS) is 16.8. The monoisotopic (exact) mass is 456 g/mol. The lowest BCUT2D eigenvalue weighted by Gasteiger charge is -2.42. The molecule has 4 nitrogen and oxygen atoms in total. The zero-order valence-corrected chi connectivity index (χ0v) is 20.3. The fourth-order valence-corrected chi connectivity index (χ4v) is 4.94. The summed E-state index contributed by atoms with van der Waals surface area (Å²) in [6.07, 6.45) is 2.47. The van der Waals surface area contributed by atoms with Crippen LogP contribution in [0.4, 0.5) is 0 Å². The number of carboxylic acid groups (broad SMARTS) is 1. The zero-order chi connectivity index (χ0) is 24.5. The van der Waals surface area contributed by atoms with Crippen LogP contribution in [0.25, 0.3) is 0 Å². The summed E-state index contributed by atoms with van der Waals surface area (Å²) in [6.45, 7) is 9.22. The van der Waals surface area contributed by atoms with Crippen LogP contribution < -0.4 is 4.74 Å². The van der Waals surface area contributed by atoms with Gasteiger partial charge in [0.1, 0.15) is 5.75 Å². The molecule has 0 bridgehead atoms. The topological polar surface area (TPSA) is 63.6 Å². The Morgan fingerprint density at radius 1 is 0.824 bits per heavy atom. The molecule has 176 valence electrons. The smallest absolute Gasteiger partial charge is 0.335 e. The van der Waals surface area contributed by atoms with Crippen molar-refractivity contribution in [1.82, 2.24) is 0 Å². The van der Waals surface area contributed by atoms with E-state index < -0.39 is 5.97 Å². The SMILES string of the molecule is CC1(C)CCC(C)(C)c2cc(C(CC(=O)Oc3ccc(C(=O)O)cc3)c3ccccc3)ccc21. The van der Waals surface area contributed by atoms with Crippen LogP contribution in [0.2, 0.25) is 0 Å². The number of ether oxygens (including phenoxy) is 1. The molecule has 0 fully saturated rings. The first kappa shape index (κ1) is 23.7. The van der Waals surface area contributed by atoms with E-state index in [1.165, 1.54) is 35.4 Å². The summed E-state index contributed by atoms with van der Waals surface area (Å²) >= 11 is 0. The van der Waals surface area contributed by atoms with Crippen molar-refractivity contribution < 1.29 is 19.4 Å². The molecule has 0 spiro atoms. The summed E-state index contributed by atoms with van der Waals surface area (Å²) in [5.41, 5.74) is 5.28. The summed E-state index contributed by atoms with van der Waals surface area (Å²) in [5, 5.41) is 9.07. The number of hydrogen-bond donors (Lipinski definition) is 1. The van der Waals surface area contributed by atoms with Gasteiger partial charge >= 0.3 is 11.9 Å². The molecule has 1 unspecified atom stereocenters. The summed E-state index contributed by atoms with van der Waals surface area (Å²) in [4.78, 5) is 24.0. The molecule has 4 rings (SSSR count). The molecule has 1 aliphatic carbocycles. The Labute approximate surface area is 201 Å². The second-order valence-corrected chi connectivity index (χ2v) is 10.5. The third-order valence-electron chi connectivity index (χ3n) is 7.18. The van der Waals surface area contributed by atoms with Crippen molar-refractivity contribution in [2.24, 2.45) is 0 Å². The predicted octanol–water partition coefficient (Wildman–Crippen LogP) is 6.86. The van der Waals surface area contributed by atoms with E-state index in [0.29, 0.717) is 5.75 Å². The van der Waals surface area contributed by atoms with Crippen LogP contribution in [0.15, 0.2) is 72.8 Å². The minimum absolute atomic E-state index is 0.0779. The highest BCUT2D eigenvalue weighted by molar-refractivity contribution is 5.87. The number of esters is 1. The van der Waals surface area contributed by atoms with Crippen LogP contribution in [0.1, 0.15) is 85.5 Å². The van der Waals surface area contributed by atoms with Crippen molar-refractivity contribution in [2.45, 2.75) is 63.7 Å². The Kier molecular flexibility index (Phi) is 6.35. The van der Waals surface area contributed by atoms with Gasteiger partial charge in [-0.05, 0) is 70.2 Å². The van der Waals surface area contributed by atoms with Crippen molar-refractivity contribution in [1.29, 1.82) is 0 Å². The third kappa shape index (κ3) is 4.91. The van der Waals surface area contributed by atoms with Crippen LogP contribution in [0, 0.1) is 0 Å². The molecule has 1 N–H and O–H groups in total. The van der Waals surface area contributed by atoms with Gasteiger partial charge in [0.25, 0.3) is 0 Å². The molecule has 34 heavy (non-hydrogen) atoms. The van der Waals surface area contributed by atoms with Gasteiger partial charge in [-0.3, -0.25) is 4.79 Å². The van der Waals surface area contributed by atoms with E-state index in [0.717, 1.165) is 24.0 Å². The minimum Gasteiger partial charge on any atom is -0.478 e. The molecule has 0 saturated heterocycles. The molecular weight excluding hydrogens is 424 g/mol. The summed E-state index contributed by atoms with van der Waals surface area (Å²) in [6, 6.07) is 22.7. The maximum Gasteiger partial charge on any atom is 0.335 e. The zero-order valence-electron chi connectivity index (χ0n) is 20.3. The van der Waals surface area contributed by atoms with Crippen molar-refractivity contribution in [2.75, 3.05) is 0 Å². The first-order valence-electron chi connectivity index (χ1n) is 11.8. The number of carboxylic acids is 1. The third-order valence-corrected chi connectivity index (χ3v) is 7.18. The standard InChI is InChI=1S/C30H32O4/c1-29(2)16-17-30(3,4)26-18-22(12-15-25(26)29)24(20-8-6-5-7-9-20)19-27(31)34-23-13-10-21(11-14-23)28(32)33/h5-15,18,24H,16-17,19H2,1-4H3,(H,32,33). The number of fused-ring (bicyclic) bond motifs is 1. The molecule has 0 saturated carbocycles. The second-order valence-electron chi connectivity index (χ2n) is 10.5. The van der Waals surface area contributed by atoms with Gasteiger partial charge < -0.3 is 9.84 Å². The van der Waals surface area contributed by atoms with E-state index in [1.54, 1.807) is 0 Å². The van der Waals surface area contributed by atoms with Gasteiger partial charge in [0.2, 0.25) is 0 Å². The van der Waals surface area contributed by atoms with Crippen molar-refractivity contribution in [3.05, 3.63) is 101 Å². The predicted molar refractivity (Wildman–Crippen MR) is 134 cm³/mol. The van der Waals surface area contributed by atoms with Crippen LogP contribution in [-0.4, -0.2) is 17.0 Å². The lowest BCUT2D eigenvalue weighted by Crippen LogP contribution is -2.34. The number of hydrogen-bond acceptors (Lipinski definition) is 3. The van der Waals surface area contributed by atoms with E-state index in [9.17, 15) is 9.59 Å². The Morgan fingerprint density at radius 2 is 1.44 bits per heavy atom. The van der Waals surface area contributed by atoms with E-state index in [-0.39, 0.29) is 34.7 Å². The molecular formula is C30H32O4.